The fraction of sp³-hybridized carbons (Fsp3) is 0.158. The zero-order chi connectivity index (χ0) is 38.1. The van der Waals surface area contributed by atoms with E-state index in [2.05, 4.69) is 25.7 Å². The maximum atomic E-state index is 14.2. The Morgan fingerprint density at radius 1 is 0.964 bits per heavy atom. The molecule has 0 bridgehead atoms. The maximum absolute atomic E-state index is 14.2. The number of aliphatic carboxylic acids is 1. The zero-order valence-corrected chi connectivity index (χ0v) is 31.1. The third kappa shape index (κ3) is 6.55. The Hall–Kier alpha value is -6.17. The summed E-state index contributed by atoms with van der Waals surface area (Å²) in [6.07, 6.45) is 1.92. The van der Waals surface area contributed by atoms with Crippen LogP contribution in [0.25, 0.3) is 0 Å². The summed E-state index contributed by atoms with van der Waals surface area (Å²) >= 11 is 3.61. The van der Waals surface area contributed by atoms with Gasteiger partial charge in [-0.3, -0.25) is 24.2 Å². The lowest BCUT2D eigenvalue weighted by Crippen LogP contribution is -2.71. The van der Waals surface area contributed by atoms with Crippen LogP contribution >= 0.6 is 34.4 Å². The standard InChI is InChI=1S/C38H30N8O6S3/c39-36-41-27(20-54-36)28(44-52-38(24-10-4-1-5-11-24,25-12-6-2-7-13-25)26-14-8-3-9-15-26)31(47)42-29-33(49)46-30(35(50)51)23(19-53-34(29)46)18-22-16-17-45(32(22)48)37-43-40-21-55-37/h1-15,18,20-21,29,34H,16-17,19H2,(H2,39,41)(H,42,47)(H,50,51)/b22-18+,44-28-/t29-,34-/m1/s1. The normalized spacial score (nSPS) is 19.3. The number of carbonyl (C=O) groups is 4. The summed E-state index contributed by atoms with van der Waals surface area (Å²) in [5.41, 5.74) is 8.81. The molecule has 0 unspecified atom stereocenters. The first-order chi connectivity index (χ1) is 26.8. The van der Waals surface area contributed by atoms with Gasteiger partial charge in [0.15, 0.2) is 10.8 Å². The number of hydrogen-bond acceptors (Lipinski definition) is 13. The highest BCUT2D eigenvalue weighted by molar-refractivity contribution is 8.00. The first-order valence-electron chi connectivity index (χ1n) is 16.9. The number of carboxylic acid groups (broad SMARTS) is 1. The van der Waals surface area contributed by atoms with Gasteiger partial charge >= 0.3 is 5.97 Å². The number of thiazole rings is 1. The molecule has 0 saturated carbocycles. The SMILES string of the molecule is Nc1nc(/C(=N/OC(c2ccccc2)(c2ccccc2)c2ccccc2)C(=O)N[C@@H]2C(=O)N3C(C(=O)O)=C(/C=C4\CCN(c5nncs5)C4=O)CS[C@H]23)cs1. The number of thioether (sulfide) groups is 1. The average Bonchev–Trinajstić information content (AvgIpc) is 3.98. The molecule has 3 aromatic carbocycles. The van der Waals surface area contributed by atoms with Gasteiger partial charge in [-0.2, -0.15) is 0 Å². The van der Waals surface area contributed by atoms with E-state index in [-0.39, 0.29) is 33.9 Å². The quantitative estimate of drug-likeness (QED) is 0.0565. The summed E-state index contributed by atoms with van der Waals surface area (Å²) in [6.45, 7) is 0.378. The van der Waals surface area contributed by atoms with Crippen molar-refractivity contribution >= 4 is 74.1 Å². The lowest BCUT2D eigenvalue weighted by atomic mass is 9.80. The number of β-lactam (4-membered cyclic amide) rings is 1. The molecule has 4 N–H and O–H groups in total. The Labute approximate surface area is 326 Å². The van der Waals surface area contributed by atoms with Crippen LogP contribution in [0.4, 0.5) is 10.3 Å². The van der Waals surface area contributed by atoms with E-state index >= 15 is 0 Å². The predicted molar refractivity (Wildman–Crippen MR) is 208 cm³/mol. The van der Waals surface area contributed by atoms with Gasteiger partial charge in [-0.15, -0.1) is 33.3 Å². The molecule has 3 aliphatic rings. The molecule has 2 atom stereocenters. The van der Waals surface area contributed by atoms with Crippen LogP contribution in [0, 0.1) is 0 Å². The summed E-state index contributed by atoms with van der Waals surface area (Å²) in [5, 5.41) is 26.8. The number of nitrogens with one attached hydrogen (secondary N) is 1. The van der Waals surface area contributed by atoms with Crippen molar-refractivity contribution in [2.45, 2.75) is 23.4 Å². The number of nitrogens with two attached hydrogens (primary N) is 1. The average molecular weight is 791 g/mol. The van der Waals surface area contributed by atoms with Crippen LogP contribution < -0.4 is 16.0 Å². The molecule has 17 heteroatoms. The van der Waals surface area contributed by atoms with Gasteiger partial charge in [0.05, 0.1) is 0 Å². The lowest BCUT2D eigenvalue weighted by molar-refractivity contribution is -0.150. The number of fused-ring (bicyclic) bond motifs is 1. The van der Waals surface area contributed by atoms with Crippen molar-refractivity contribution in [2.24, 2.45) is 5.16 Å². The van der Waals surface area contributed by atoms with Gasteiger partial charge in [-0.1, -0.05) is 107 Å². The molecule has 8 rings (SSSR count). The number of amides is 3. The van der Waals surface area contributed by atoms with Crippen LogP contribution in [-0.2, 0) is 29.6 Å². The molecule has 3 amide bonds. The van der Waals surface area contributed by atoms with E-state index in [9.17, 15) is 24.3 Å². The number of carbonyl (C=O) groups excluding carboxylic acids is 3. The molecule has 2 saturated heterocycles. The van der Waals surface area contributed by atoms with Gasteiger partial charge in [0.25, 0.3) is 17.7 Å². The molecule has 0 spiro atoms. The minimum atomic E-state index is -1.32. The molecule has 276 valence electrons. The predicted octanol–water partition coefficient (Wildman–Crippen LogP) is 4.39. The van der Waals surface area contributed by atoms with Crippen LogP contribution in [0.1, 0.15) is 28.8 Å². The van der Waals surface area contributed by atoms with Crippen LogP contribution in [0.15, 0.2) is 130 Å². The first kappa shape index (κ1) is 35.8. The number of nitrogens with zero attached hydrogens (tertiary/aromatic N) is 6. The molecule has 0 radical (unpaired) electrons. The third-order valence-corrected chi connectivity index (χ3v) is 12.0. The van der Waals surface area contributed by atoms with E-state index < -0.39 is 34.8 Å². The van der Waals surface area contributed by atoms with Gasteiger partial charge in [0.2, 0.25) is 10.7 Å². The number of rotatable bonds is 11. The molecule has 14 nitrogen and oxygen atoms in total. The van der Waals surface area contributed by atoms with Crippen molar-refractivity contribution in [2.75, 3.05) is 22.9 Å². The third-order valence-electron chi connectivity index (χ3n) is 9.33. The van der Waals surface area contributed by atoms with Crippen LogP contribution in [0.5, 0.6) is 0 Å². The fourth-order valence-corrected chi connectivity index (χ4v) is 9.22. The summed E-state index contributed by atoms with van der Waals surface area (Å²) in [7, 11) is 0. The Bertz CT molecular complexity index is 2270. The molecule has 5 aromatic rings. The number of allylic oxidation sites excluding steroid dienone is 1. The smallest absolute Gasteiger partial charge is 0.352 e. The van der Waals surface area contributed by atoms with E-state index in [4.69, 9.17) is 10.6 Å². The number of hydrogen-bond donors (Lipinski definition) is 3. The Kier molecular flexibility index (Phi) is 9.73. The monoisotopic (exact) mass is 790 g/mol. The molecular formula is C38H30N8O6S3. The van der Waals surface area contributed by atoms with Gasteiger partial charge in [-0.25, -0.2) is 9.78 Å². The molecule has 2 fully saturated rings. The van der Waals surface area contributed by atoms with Crippen molar-refractivity contribution in [3.8, 4) is 0 Å². The summed E-state index contributed by atoms with van der Waals surface area (Å²) in [4.78, 5) is 67.2. The van der Waals surface area contributed by atoms with Gasteiger partial charge in [-0.05, 0) is 18.1 Å². The minimum Gasteiger partial charge on any atom is -0.477 e. The fourth-order valence-electron chi connectivity index (χ4n) is 6.78. The highest BCUT2D eigenvalue weighted by atomic mass is 32.2. The summed E-state index contributed by atoms with van der Waals surface area (Å²) in [6, 6.07) is 27.3. The summed E-state index contributed by atoms with van der Waals surface area (Å²) < 4.78 is 0. The first-order valence-corrected chi connectivity index (χ1v) is 19.7. The zero-order valence-electron chi connectivity index (χ0n) is 28.6. The summed E-state index contributed by atoms with van der Waals surface area (Å²) in [5.74, 6) is -2.84. The number of anilines is 2. The van der Waals surface area contributed by atoms with Crippen LogP contribution in [0.3, 0.4) is 0 Å². The van der Waals surface area contributed by atoms with Crippen LogP contribution in [-0.4, -0.2) is 78.3 Å². The number of nitrogen functional groups attached to an aromatic ring is 1. The minimum absolute atomic E-state index is 0.131. The number of oxime groups is 1. The Balaban J connectivity index is 1.10. The van der Waals surface area contributed by atoms with Gasteiger partial charge in [0.1, 0.15) is 28.3 Å². The van der Waals surface area contributed by atoms with Gasteiger partial charge < -0.3 is 21.0 Å². The van der Waals surface area contributed by atoms with E-state index in [0.717, 1.165) is 32.9 Å². The number of benzene rings is 3. The number of carboxylic acids is 1. The van der Waals surface area contributed by atoms with E-state index in [1.807, 2.05) is 91.0 Å². The molecule has 0 aliphatic carbocycles. The van der Waals surface area contributed by atoms with E-state index in [1.54, 1.807) is 11.5 Å². The van der Waals surface area contributed by atoms with E-state index in [1.165, 1.54) is 33.5 Å². The largest absolute Gasteiger partial charge is 0.477 e. The topological polar surface area (TPSA) is 193 Å². The second-order valence-electron chi connectivity index (χ2n) is 12.5. The Morgan fingerprint density at radius 2 is 1.60 bits per heavy atom. The second-order valence-corrected chi connectivity index (χ2v) is 15.3. The van der Waals surface area contributed by atoms with Crippen molar-refractivity contribution in [1.29, 1.82) is 0 Å². The molecule has 5 heterocycles. The lowest BCUT2D eigenvalue weighted by Gasteiger charge is -2.49. The highest BCUT2D eigenvalue weighted by Crippen LogP contribution is 2.43. The van der Waals surface area contributed by atoms with Crippen molar-refractivity contribution in [3.63, 3.8) is 0 Å². The van der Waals surface area contributed by atoms with Crippen LogP contribution in [0.2, 0.25) is 0 Å². The molecular weight excluding hydrogens is 761 g/mol. The van der Waals surface area contributed by atoms with E-state index in [0.29, 0.717) is 29.2 Å². The molecule has 3 aliphatic heterocycles. The Morgan fingerprint density at radius 3 is 2.15 bits per heavy atom. The second kappa shape index (κ2) is 14.9. The highest BCUT2D eigenvalue weighted by Gasteiger charge is 2.54. The van der Waals surface area contributed by atoms with Crippen molar-refractivity contribution in [3.05, 3.63) is 147 Å². The molecule has 55 heavy (non-hydrogen) atoms. The van der Waals surface area contributed by atoms with Gasteiger partial charge in [0, 0.05) is 39.9 Å². The maximum Gasteiger partial charge on any atom is 0.352 e. The number of aromatic nitrogens is 3. The van der Waals surface area contributed by atoms with Crippen molar-refractivity contribution in [1.82, 2.24) is 25.4 Å². The molecule has 2 aromatic heterocycles. The van der Waals surface area contributed by atoms with Crippen molar-refractivity contribution < 1.29 is 29.1 Å².